The molecule has 1 aliphatic heterocycles. The highest BCUT2D eigenvalue weighted by atomic mass is 16.5. The van der Waals surface area contributed by atoms with Gasteiger partial charge in [-0.3, -0.25) is 4.79 Å². The van der Waals surface area contributed by atoms with Gasteiger partial charge in [0, 0.05) is 50.6 Å². The molecule has 1 atom stereocenters. The molecule has 146 valence electrons. The van der Waals surface area contributed by atoms with Crippen LogP contribution in [-0.2, 0) is 11.3 Å². The number of imidazole rings is 1. The number of aromatic nitrogens is 2. The first-order chi connectivity index (χ1) is 13.2. The highest BCUT2D eigenvalue weighted by molar-refractivity contribution is 5.95. The lowest BCUT2D eigenvalue weighted by atomic mass is 9.96. The number of hydrogen-bond donors (Lipinski definition) is 0. The van der Waals surface area contributed by atoms with E-state index in [0.717, 1.165) is 31.8 Å². The Morgan fingerprint density at radius 3 is 2.78 bits per heavy atom. The van der Waals surface area contributed by atoms with Gasteiger partial charge in [-0.1, -0.05) is 0 Å². The summed E-state index contributed by atoms with van der Waals surface area (Å²) in [6.07, 6.45) is 5.78. The van der Waals surface area contributed by atoms with Crippen molar-refractivity contribution in [1.29, 1.82) is 0 Å². The van der Waals surface area contributed by atoms with Crippen molar-refractivity contribution in [2.24, 2.45) is 0 Å². The summed E-state index contributed by atoms with van der Waals surface area (Å²) < 4.78 is 17.9. The van der Waals surface area contributed by atoms with E-state index in [4.69, 9.17) is 14.2 Å². The second-order valence-electron chi connectivity index (χ2n) is 6.63. The Morgan fingerprint density at radius 1 is 1.22 bits per heavy atom. The van der Waals surface area contributed by atoms with E-state index < -0.39 is 0 Å². The molecule has 2 aromatic rings. The molecule has 27 heavy (non-hydrogen) atoms. The van der Waals surface area contributed by atoms with Crippen LogP contribution in [0.5, 0.6) is 11.5 Å². The highest BCUT2D eigenvalue weighted by Crippen LogP contribution is 2.30. The molecule has 7 heteroatoms. The maximum Gasteiger partial charge on any atom is 0.254 e. The zero-order chi connectivity index (χ0) is 19.2. The van der Waals surface area contributed by atoms with Crippen molar-refractivity contribution < 1.29 is 19.0 Å². The summed E-state index contributed by atoms with van der Waals surface area (Å²) in [6, 6.07) is 5.29. The van der Waals surface area contributed by atoms with Gasteiger partial charge in [-0.25, -0.2) is 4.98 Å². The Kier molecular flexibility index (Phi) is 6.34. The van der Waals surface area contributed by atoms with Crippen LogP contribution in [0.1, 0.15) is 34.9 Å². The monoisotopic (exact) mass is 373 g/mol. The molecule has 0 bridgehead atoms. The second kappa shape index (κ2) is 8.90. The van der Waals surface area contributed by atoms with E-state index in [9.17, 15) is 4.79 Å². The molecule has 3 rings (SSSR count). The second-order valence-corrected chi connectivity index (χ2v) is 6.63. The molecule has 7 nitrogen and oxygen atoms in total. The molecular formula is C20H27N3O4. The number of carbonyl (C=O) groups is 1. The third-order valence-corrected chi connectivity index (χ3v) is 4.99. The highest BCUT2D eigenvalue weighted by Gasteiger charge is 2.28. The Morgan fingerprint density at radius 2 is 2.04 bits per heavy atom. The van der Waals surface area contributed by atoms with Gasteiger partial charge in [0.2, 0.25) is 0 Å². The van der Waals surface area contributed by atoms with Crippen LogP contribution in [-0.4, -0.2) is 61.4 Å². The van der Waals surface area contributed by atoms with Gasteiger partial charge in [0.1, 0.15) is 5.82 Å². The van der Waals surface area contributed by atoms with Gasteiger partial charge in [-0.05, 0) is 31.0 Å². The van der Waals surface area contributed by atoms with Crippen LogP contribution in [0.2, 0.25) is 0 Å². The predicted molar refractivity (Wildman–Crippen MR) is 102 cm³/mol. The first-order valence-corrected chi connectivity index (χ1v) is 9.19. The summed E-state index contributed by atoms with van der Waals surface area (Å²) >= 11 is 0. The fourth-order valence-electron chi connectivity index (χ4n) is 3.58. The number of hydrogen-bond acceptors (Lipinski definition) is 5. The number of amides is 1. The van der Waals surface area contributed by atoms with Crippen LogP contribution >= 0.6 is 0 Å². The molecule has 0 spiro atoms. The van der Waals surface area contributed by atoms with E-state index >= 15 is 0 Å². The van der Waals surface area contributed by atoms with E-state index in [2.05, 4.69) is 9.55 Å². The third kappa shape index (κ3) is 4.24. The topological polar surface area (TPSA) is 65.8 Å². The molecule has 2 heterocycles. The first-order valence-electron chi connectivity index (χ1n) is 9.19. The molecule has 1 saturated heterocycles. The number of carbonyl (C=O) groups excluding carboxylic acids is 1. The SMILES string of the molecule is COCCn1ccnc1[C@@H]1CCCN(C(=O)c2ccc(OC)c(OC)c2)C1. The summed E-state index contributed by atoms with van der Waals surface area (Å²) in [4.78, 5) is 19.5. The van der Waals surface area contributed by atoms with Crippen molar-refractivity contribution in [2.45, 2.75) is 25.3 Å². The standard InChI is InChI=1S/C20H27N3O4/c1-25-12-11-22-10-8-21-19(22)16-5-4-9-23(14-16)20(24)15-6-7-17(26-2)18(13-15)27-3/h6-8,10,13,16H,4-5,9,11-12,14H2,1-3H3/t16-/m1/s1. The molecule has 0 radical (unpaired) electrons. The van der Waals surface area contributed by atoms with E-state index in [-0.39, 0.29) is 11.8 Å². The minimum atomic E-state index is 0.00986. The molecule has 1 aromatic heterocycles. The van der Waals surface area contributed by atoms with Gasteiger partial charge in [-0.15, -0.1) is 0 Å². The quantitative estimate of drug-likeness (QED) is 0.746. The average molecular weight is 373 g/mol. The zero-order valence-electron chi connectivity index (χ0n) is 16.2. The van der Waals surface area contributed by atoms with Gasteiger partial charge >= 0.3 is 0 Å². The average Bonchev–Trinajstić information content (AvgIpc) is 3.19. The van der Waals surface area contributed by atoms with Gasteiger partial charge in [-0.2, -0.15) is 0 Å². The van der Waals surface area contributed by atoms with Gasteiger partial charge < -0.3 is 23.7 Å². The maximum absolute atomic E-state index is 13.0. The van der Waals surface area contributed by atoms with Crippen LogP contribution in [0.4, 0.5) is 0 Å². The van der Waals surface area contributed by atoms with Crippen molar-refractivity contribution in [3.05, 3.63) is 42.0 Å². The van der Waals surface area contributed by atoms with E-state index in [1.165, 1.54) is 0 Å². The Balaban J connectivity index is 1.74. The molecule has 0 N–H and O–H groups in total. The van der Waals surface area contributed by atoms with Crippen LogP contribution < -0.4 is 9.47 Å². The number of ether oxygens (including phenoxy) is 3. The normalized spacial score (nSPS) is 17.0. The maximum atomic E-state index is 13.0. The van der Waals surface area contributed by atoms with E-state index in [1.807, 2.05) is 17.3 Å². The number of rotatable bonds is 7. The third-order valence-electron chi connectivity index (χ3n) is 4.99. The van der Waals surface area contributed by atoms with E-state index in [1.54, 1.807) is 39.5 Å². The molecule has 1 aliphatic rings. The number of likely N-dealkylation sites (tertiary alicyclic amines) is 1. The lowest BCUT2D eigenvalue weighted by Crippen LogP contribution is -2.39. The Bertz CT molecular complexity index is 774. The fourth-order valence-corrected chi connectivity index (χ4v) is 3.58. The Hall–Kier alpha value is -2.54. The number of methoxy groups -OCH3 is 3. The van der Waals surface area contributed by atoms with Crippen LogP contribution in [0.25, 0.3) is 0 Å². The fraction of sp³-hybridized carbons (Fsp3) is 0.500. The molecule has 1 fully saturated rings. The minimum Gasteiger partial charge on any atom is -0.493 e. The summed E-state index contributed by atoms with van der Waals surface area (Å²) in [5.41, 5.74) is 0.607. The Labute approximate surface area is 159 Å². The molecule has 1 amide bonds. The van der Waals surface area contributed by atoms with Crippen LogP contribution in [0.3, 0.4) is 0 Å². The molecule has 0 unspecified atom stereocenters. The predicted octanol–water partition coefficient (Wildman–Crippen LogP) is 2.57. The van der Waals surface area contributed by atoms with E-state index in [0.29, 0.717) is 30.2 Å². The smallest absolute Gasteiger partial charge is 0.254 e. The molecule has 1 aromatic carbocycles. The summed E-state index contributed by atoms with van der Waals surface area (Å²) in [7, 11) is 4.85. The minimum absolute atomic E-state index is 0.00986. The molecule has 0 aliphatic carbocycles. The van der Waals surface area contributed by atoms with Gasteiger partial charge in [0.25, 0.3) is 5.91 Å². The molecule has 0 saturated carbocycles. The first kappa shape index (κ1) is 19.2. The van der Waals surface area contributed by atoms with Crippen molar-refractivity contribution in [1.82, 2.24) is 14.5 Å². The largest absolute Gasteiger partial charge is 0.493 e. The number of benzene rings is 1. The van der Waals surface area contributed by atoms with Crippen molar-refractivity contribution in [2.75, 3.05) is 41.0 Å². The van der Waals surface area contributed by atoms with Crippen LogP contribution in [0.15, 0.2) is 30.6 Å². The van der Waals surface area contributed by atoms with Gasteiger partial charge in [0.05, 0.1) is 20.8 Å². The van der Waals surface area contributed by atoms with Crippen LogP contribution in [0, 0.1) is 0 Å². The lowest BCUT2D eigenvalue weighted by molar-refractivity contribution is 0.0702. The molecular weight excluding hydrogens is 346 g/mol. The summed E-state index contributed by atoms with van der Waals surface area (Å²) in [5.74, 6) is 2.44. The summed E-state index contributed by atoms with van der Waals surface area (Å²) in [5, 5.41) is 0. The van der Waals surface area contributed by atoms with Gasteiger partial charge in [0.15, 0.2) is 11.5 Å². The van der Waals surface area contributed by atoms with Crippen molar-refractivity contribution >= 4 is 5.91 Å². The summed E-state index contributed by atoms with van der Waals surface area (Å²) in [6.45, 7) is 2.83. The van der Waals surface area contributed by atoms with Crippen molar-refractivity contribution in [3.63, 3.8) is 0 Å². The van der Waals surface area contributed by atoms with Crippen molar-refractivity contribution in [3.8, 4) is 11.5 Å². The number of piperidine rings is 1. The zero-order valence-corrected chi connectivity index (χ0v) is 16.2. The number of nitrogens with zero attached hydrogens (tertiary/aromatic N) is 3. The lowest BCUT2D eigenvalue weighted by Gasteiger charge is -2.33.